The number of nitrogens with one attached hydrogen (secondary N) is 2. The molecule has 4 rings (SSSR count). The van der Waals surface area contributed by atoms with Gasteiger partial charge in [-0.25, -0.2) is 9.78 Å². The van der Waals surface area contributed by atoms with Crippen LogP contribution in [0.15, 0.2) is 42.8 Å². The molecule has 0 radical (unpaired) electrons. The predicted octanol–water partition coefficient (Wildman–Crippen LogP) is 3.60. The van der Waals surface area contributed by atoms with E-state index in [1.807, 2.05) is 45.9 Å². The normalized spacial score (nSPS) is 26.9. The van der Waals surface area contributed by atoms with Gasteiger partial charge < -0.3 is 43.8 Å². The minimum atomic E-state index is -0.883. The fourth-order valence-corrected chi connectivity index (χ4v) is 4.68. The van der Waals surface area contributed by atoms with Gasteiger partial charge in [-0.2, -0.15) is 0 Å². The lowest BCUT2D eigenvalue weighted by atomic mass is 9.99. The lowest BCUT2D eigenvalue weighted by Crippen LogP contribution is -2.34. The number of aromatic nitrogens is 2. The Morgan fingerprint density at radius 3 is 2.78 bits per heavy atom. The highest BCUT2D eigenvalue weighted by Crippen LogP contribution is 2.35. The number of aliphatic hydroxyl groups is 1. The fraction of sp³-hybridized carbons (Fsp3) is 0.533. The molecule has 11 heteroatoms. The summed E-state index contributed by atoms with van der Waals surface area (Å²) in [7, 11) is 1.51. The van der Waals surface area contributed by atoms with Gasteiger partial charge in [0, 0.05) is 38.0 Å². The van der Waals surface area contributed by atoms with Gasteiger partial charge in [-0.05, 0) is 38.8 Å². The van der Waals surface area contributed by atoms with Crippen LogP contribution in [0.1, 0.15) is 55.9 Å². The Hall–Kier alpha value is -3.22. The standard InChI is InChI=1S/C30H41N3O8/c1-19-9-10-23(34)28-24(40-30(3,4)41-28)8-6-7-21-15-22(37-14-13-31-17-26-32-11-12-33-26)16-25(38-18-36-5)27(21)29(35)39-20(19)2/h6-7,9-12,15-16,19-20,23-24,28,31,34H,8,13-14,17-18H2,1-5H3,(H,32,33)/b7-6?,10-9-/t19?,20-,23?,24-,28+/m0/s1. The first-order chi connectivity index (χ1) is 19.7. The molecule has 5 atom stereocenters. The maximum Gasteiger partial charge on any atom is 0.342 e. The molecule has 1 fully saturated rings. The number of carbonyl (C=O) groups is 1. The number of cyclic esters (lactones) is 1. The first kappa shape index (κ1) is 30.7. The number of aliphatic hydroxyl groups excluding tert-OH is 1. The van der Waals surface area contributed by atoms with E-state index in [1.165, 1.54) is 7.11 Å². The summed E-state index contributed by atoms with van der Waals surface area (Å²) in [5.41, 5.74) is 0.826. The number of carbonyl (C=O) groups excluding carboxylic acids is 1. The molecule has 1 saturated heterocycles. The zero-order chi connectivity index (χ0) is 29.4. The van der Waals surface area contributed by atoms with Crippen LogP contribution in [-0.4, -0.2) is 78.3 Å². The molecule has 0 saturated carbocycles. The number of esters is 1. The van der Waals surface area contributed by atoms with Crippen LogP contribution in [0.3, 0.4) is 0 Å². The van der Waals surface area contributed by atoms with Gasteiger partial charge in [0.15, 0.2) is 12.6 Å². The number of methoxy groups -OCH3 is 1. The monoisotopic (exact) mass is 571 g/mol. The van der Waals surface area contributed by atoms with Crippen molar-refractivity contribution in [2.24, 2.45) is 5.92 Å². The van der Waals surface area contributed by atoms with Crippen LogP contribution in [0.2, 0.25) is 0 Å². The number of benzene rings is 1. The summed E-state index contributed by atoms with van der Waals surface area (Å²) < 4.78 is 35.0. The van der Waals surface area contributed by atoms with E-state index >= 15 is 0 Å². The first-order valence-electron chi connectivity index (χ1n) is 13.9. The third-order valence-electron chi connectivity index (χ3n) is 6.91. The molecule has 224 valence electrons. The summed E-state index contributed by atoms with van der Waals surface area (Å²) >= 11 is 0. The van der Waals surface area contributed by atoms with Crippen LogP contribution in [0.4, 0.5) is 0 Å². The Morgan fingerprint density at radius 1 is 1.20 bits per heavy atom. The van der Waals surface area contributed by atoms with E-state index in [9.17, 15) is 9.90 Å². The van der Waals surface area contributed by atoms with E-state index in [0.29, 0.717) is 37.4 Å². The molecule has 0 aliphatic carbocycles. The molecule has 11 nitrogen and oxygen atoms in total. The van der Waals surface area contributed by atoms with E-state index in [4.69, 9.17) is 28.4 Å². The van der Waals surface area contributed by atoms with E-state index in [-0.39, 0.29) is 24.0 Å². The summed E-state index contributed by atoms with van der Waals surface area (Å²) in [5, 5.41) is 14.2. The van der Waals surface area contributed by atoms with Gasteiger partial charge in [-0.15, -0.1) is 0 Å². The number of hydrogen-bond donors (Lipinski definition) is 3. The molecule has 0 spiro atoms. The molecule has 41 heavy (non-hydrogen) atoms. The number of aromatic amines is 1. The number of H-pyrrole nitrogens is 1. The molecular weight excluding hydrogens is 530 g/mol. The van der Waals surface area contributed by atoms with Crippen molar-refractivity contribution < 1.29 is 38.3 Å². The van der Waals surface area contributed by atoms with Crippen molar-refractivity contribution in [3.05, 3.63) is 59.7 Å². The van der Waals surface area contributed by atoms with Crippen LogP contribution >= 0.6 is 0 Å². The largest absolute Gasteiger partial charge is 0.492 e. The Balaban J connectivity index is 1.62. The van der Waals surface area contributed by atoms with Gasteiger partial charge >= 0.3 is 5.97 Å². The van der Waals surface area contributed by atoms with E-state index in [1.54, 1.807) is 30.6 Å². The van der Waals surface area contributed by atoms with Crippen molar-refractivity contribution in [3.63, 3.8) is 0 Å². The average molecular weight is 572 g/mol. The molecule has 1 aromatic carbocycles. The highest BCUT2D eigenvalue weighted by Gasteiger charge is 2.43. The molecule has 2 aliphatic rings. The van der Waals surface area contributed by atoms with Crippen LogP contribution in [-0.2, 0) is 25.5 Å². The van der Waals surface area contributed by atoms with Gasteiger partial charge in [0.05, 0.1) is 12.6 Å². The summed E-state index contributed by atoms with van der Waals surface area (Å²) in [6, 6.07) is 3.45. The molecule has 3 heterocycles. The lowest BCUT2D eigenvalue weighted by molar-refractivity contribution is -0.152. The van der Waals surface area contributed by atoms with Gasteiger partial charge in [0.2, 0.25) is 0 Å². The second-order valence-corrected chi connectivity index (χ2v) is 10.6. The predicted molar refractivity (Wildman–Crippen MR) is 151 cm³/mol. The van der Waals surface area contributed by atoms with Crippen LogP contribution < -0.4 is 14.8 Å². The molecule has 2 aliphatic heterocycles. The third-order valence-corrected chi connectivity index (χ3v) is 6.91. The van der Waals surface area contributed by atoms with E-state index < -0.39 is 36.2 Å². The van der Waals surface area contributed by atoms with Gasteiger partial charge in [-0.1, -0.05) is 31.2 Å². The van der Waals surface area contributed by atoms with E-state index in [2.05, 4.69) is 15.3 Å². The summed E-state index contributed by atoms with van der Waals surface area (Å²) in [5.74, 6) is 0.0946. The first-order valence-corrected chi connectivity index (χ1v) is 13.9. The van der Waals surface area contributed by atoms with Crippen molar-refractivity contribution in [3.8, 4) is 11.5 Å². The Morgan fingerprint density at radius 2 is 2.02 bits per heavy atom. The highest BCUT2D eigenvalue weighted by atomic mass is 16.8. The van der Waals surface area contributed by atoms with Crippen molar-refractivity contribution in [2.45, 2.75) is 70.9 Å². The molecule has 3 N–H and O–H groups in total. The maximum atomic E-state index is 13.5. The van der Waals surface area contributed by atoms with Crippen molar-refractivity contribution in [2.75, 3.05) is 27.1 Å². The Bertz CT molecular complexity index is 1200. The number of rotatable bonds is 9. The summed E-state index contributed by atoms with van der Waals surface area (Å²) in [4.78, 5) is 20.8. The smallest absolute Gasteiger partial charge is 0.342 e. The van der Waals surface area contributed by atoms with Crippen LogP contribution in [0.25, 0.3) is 6.08 Å². The van der Waals surface area contributed by atoms with Crippen molar-refractivity contribution in [1.29, 1.82) is 0 Å². The van der Waals surface area contributed by atoms with Crippen LogP contribution in [0, 0.1) is 5.92 Å². The quantitative estimate of drug-likeness (QED) is 0.177. The average Bonchev–Trinajstić information content (AvgIpc) is 3.56. The Labute approximate surface area is 240 Å². The minimum Gasteiger partial charge on any atom is -0.492 e. The molecule has 0 bridgehead atoms. The zero-order valence-corrected chi connectivity index (χ0v) is 24.3. The second kappa shape index (κ2) is 14.1. The van der Waals surface area contributed by atoms with Gasteiger partial charge in [0.1, 0.15) is 47.8 Å². The summed E-state index contributed by atoms with van der Waals surface area (Å²) in [6.07, 6.45) is 8.82. The summed E-state index contributed by atoms with van der Waals surface area (Å²) in [6.45, 7) is 8.86. The molecular formula is C30H41N3O8. The molecule has 2 aromatic rings. The third kappa shape index (κ3) is 8.40. The number of fused-ring (bicyclic) bond motifs is 2. The van der Waals surface area contributed by atoms with Gasteiger partial charge in [0.25, 0.3) is 0 Å². The number of nitrogens with zero attached hydrogens (tertiary/aromatic N) is 1. The number of ether oxygens (including phenoxy) is 6. The van der Waals surface area contributed by atoms with Crippen molar-refractivity contribution >= 4 is 12.0 Å². The molecule has 0 amide bonds. The SMILES string of the molecule is COCOc1cc(OCCNCc2ncc[nH]2)cc2c1C(=O)O[C@@H](C)C(C)/C=C\C(O)[C@H]1OC(C)(C)O[C@H]1CC=C2. The lowest BCUT2D eigenvalue weighted by Gasteiger charge is -2.23. The zero-order valence-electron chi connectivity index (χ0n) is 24.3. The minimum absolute atomic E-state index is 0.0613. The van der Waals surface area contributed by atoms with Crippen LogP contribution in [0.5, 0.6) is 11.5 Å². The number of hydrogen-bond acceptors (Lipinski definition) is 10. The highest BCUT2D eigenvalue weighted by molar-refractivity contribution is 5.97. The number of imidazole rings is 1. The second-order valence-electron chi connectivity index (χ2n) is 10.6. The maximum absolute atomic E-state index is 13.5. The topological polar surface area (TPSA) is 133 Å². The Kier molecular flexibility index (Phi) is 10.6. The fourth-order valence-electron chi connectivity index (χ4n) is 4.68. The van der Waals surface area contributed by atoms with Gasteiger partial charge in [-0.3, -0.25) is 0 Å². The molecule has 1 aromatic heterocycles. The van der Waals surface area contributed by atoms with E-state index in [0.717, 1.165) is 5.82 Å². The van der Waals surface area contributed by atoms with Crippen molar-refractivity contribution in [1.82, 2.24) is 15.3 Å². The molecule has 2 unspecified atom stereocenters.